The first kappa shape index (κ1) is 12.0. The molecule has 0 aliphatic heterocycles. The Kier molecular flexibility index (Phi) is 2.17. The molecule has 0 saturated heterocycles. The molecule has 0 heterocycles. The fraction of sp³-hybridized carbons (Fsp3) is 0.150. The molecule has 2 aliphatic rings. The highest BCUT2D eigenvalue weighted by Crippen LogP contribution is 2.44. The van der Waals surface area contributed by atoms with Crippen LogP contribution >= 0.6 is 0 Å². The van der Waals surface area contributed by atoms with Crippen LogP contribution in [-0.4, -0.2) is 10.9 Å². The van der Waals surface area contributed by atoms with Crippen LogP contribution in [0.3, 0.4) is 0 Å². The zero-order valence-electron chi connectivity index (χ0n) is 12.0. The van der Waals surface area contributed by atoms with Crippen LogP contribution in [0.1, 0.15) is 34.3 Å². The Balaban J connectivity index is 2.09. The van der Waals surface area contributed by atoms with Crippen molar-refractivity contribution in [2.75, 3.05) is 0 Å². The van der Waals surface area contributed by atoms with Crippen molar-refractivity contribution in [3.63, 3.8) is 0 Å². The largest absolute Gasteiger partial charge is 0.504 e. The highest BCUT2D eigenvalue weighted by Gasteiger charge is 2.31. The average molecular weight is 286 g/mol. The number of aliphatic hydroxyl groups is 1. The van der Waals surface area contributed by atoms with Crippen molar-refractivity contribution in [2.24, 2.45) is 0 Å². The minimum Gasteiger partial charge on any atom is -0.504 e. The Morgan fingerprint density at radius 1 is 0.955 bits per heavy atom. The molecule has 0 fully saturated rings. The molecular formula is C20H14O2. The van der Waals surface area contributed by atoms with Crippen LogP contribution in [0.5, 0.6) is 0 Å². The number of benzene rings is 3. The van der Waals surface area contributed by atoms with Gasteiger partial charge in [-0.25, -0.2) is 0 Å². The molecular weight excluding hydrogens is 272 g/mol. The summed E-state index contributed by atoms with van der Waals surface area (Å²) < 4.78 is 0. The number of carbonyl (C=O) groups excluding carboxylic acids is 1. The number of hydrogen-bond acceptors (Lipinski definition) is 2. The summed E-state index contributed by atoms with van der Waals surface area (Å²) in [7, 11) is 0. The summed E-state index contributed by atoms with van der Waals surface area (Å²) in [5.41, 5.74) is 3.86. The Morgan fingerprint density at radius 2 is 1.82 bits per heavy atom. The van der Waals surface area contributed by atoms with Crippen molar-refractivity contribution >= 4 is 32.9 Å². The minimum atomic E-state index is -0.225. The number of aliphatic hydroxyl groups excluding tert-OH is 1. The summed E-state index contributed by atoms with van der Waals surface area (Å²) in [6.45, 7) is 0. The molecule has 106 valence electrons. The molecule has 2 heteroatoms. The smallest absolute Gasteiger partial charge is 0.228 e. The number of hydrogen-bond donors (Lipinski definition) is 1. The van der Waals surface area contributed by atoms with Crippen LogP contribution in [0.15, 0.2) is 48.2 Å². The predicted octanol–water partition coefficient (Wildman–Crippen LogP) is 4.79. The quantitative estimate of drug-likeness (QED) is 0.603. The molecule has 0 bridgehead atoms. The SMILES string of the molecule is O=C1C(O)=C2CCCc3ccc4c(c1cc1ccccc14)c32. The lowest BCUT2D eigenvalue weighted by Gasteiger charge is -2.27. The fourth-order valence-electron chi connectivity index (χ4n) is 4.06. The van der Waals surface area contributed by atoms with E-state index in [1.54, 1.807) is 0 Å². The molecule has 0 aromatic heterocycles. The Hall–Kier alpha value is -2.61. The number of ketones is 1. The van der Waals surface area contributed by atoms with Gasteiger partial charge in [0.25, 0.3) is 0 Å². The molecule has 22 heavy (non-hydrogen) atoms. The molecule has 0 atom stereocenters. The molecule has 2 nitrogen and oxygen atoms in total. The van der Waals surface area contributed by atoms with Crippen molar-refractivity contribution in [1.82, 2.24) is 0 Å². The summed E-state index contributed by atoms with van der Waals surface area (Å²) in [5.74, 6) is -0.270. The summed E-state index contributed by atoms with van der Waals surface area (Å²) in [6.07, 6.45) is 2.80. The Bertz CT molecular complexity index is 1020. The van der Waals surface area contributed by atoms with E-state index in [-0.39, 0.29) is 11.5 Å². The lowest BCUT2D eigenvalue weighted by Crippen LogP contribution is -2.16. The first-order valence-corrected chi connectivity index (χ1v) is 7.70. The maximum Gasteiger partial charge on any atom is 0.228 e. The van der Waals surface area contributed by atoms with Gasteiger partial charge in [-0.2, -0.15) is 0 Å². The number of rotatable bonds is 0. The van der Waals surface area contributed by atoms with E-state index in [1.165, 1.54) is 10.9 Å². The molecule has 0 radical (unpaired) electrons. The standard InChI is InChI=1S/C20H14O2/c21-19-15-7-3-5-11-8-9-14-13-6-2-1-4-12(13)10-16(20(19)22)18(14)17(11)15/h1-2,4,6,8-10,21H,3,5,7H2. The van der Waals surface area contributed by atoms with Crippen LogP contribution in [0.25, 0.3) is 27.1 Å². The molecule has 2 aliphatic carbocycles. The topological polar surface area (TPSA) is 37.3 Å². The first-order chi connectivity index (χ1) is 10.8. The molecule has 0 spiro atoms. The van der Waals surface area contributed by atoms with Crippen molar-refractivity contribution in [3.05, 3.63) is 64.9 Å². The van der Waals surface area contributed by atoms with Gasteiger partial charge >= 0.3 is 0 Å². The third kappa shape index (κ3) is 1.32. The van der Waals surface area contributed by atoms with Crippen LogP contribution in [0, 0.1) is 0 Å². The van der Waals surface area contributed by atoms with E-state index >= 15 is 0 Å². The first-order valence-electron chi connectivity index (χ1n) is 7.70. The van der Waals surface area contributed by atoms with Gasteiger partial charge in [-0.15, -0.1) is 0 Å². The summed E-state index contributed by atoms with van der Waals surface area (Å²) >= 11 is 0. The summed E-state index contributed by atoms with van der Waals surface area (Å²) in [5, 5.41) is 14.8. The van der Waals surface area contributed by atoms with Gasteiger partial charge in [0, 0.05) is 16.5 Å². The highest BCUT2D eigenvalue weighted by atomic mass is 16.3. The minimum absolute atomic E-state index is 0.0452. The van der Waals surface area contributed by atoms with Gasteiger partial charge in [-0.3, -0.25) is 4.79 Å². The molecule has 0 saturated carbocycles. The molecule has 1 N–H and O–H groups in total. The number of allylic oxidation sites excluding steroid dienone is 2. The zero-order valence-corrected chi connectivity index (χ0v) is 12.0. The van der Waals surface area contributed by atoms with E-state index < -0.39 is 0 Å². The Labute approximate surface area is 127 Å². The van der Waals surface area contributed by atoms with Crippen LogP contribution < -0.4 is 0 Å². The van der Waals surface area contributed by atoms with Crippen LogP contribution in [0.2, 0.25) is 0 Å². The monoisotopic (exact) mass is 286 g/mol. The number of aryl methyl sites for hydroxylation is 1. The van der Waals surface area contributed by atoms with Crippen LogP contribution in [0.4, 0.5) is 0 Å². The number of Topliss-reactive ketones (excluding diaryl/α,β-unsaturated/α-hetero) is 1. The normalized spacial score (nSPS) is 16.6. The predicted molar refractivity (Wildman–Crippen MR) is 88.3 cm³/mol. The van der Waals surface area contributed by atoms with E-state index in [0.717, 1.165) is 46.6 Å². The van der Waals surface area contributed by atoms with Crippen molar-refractivity contribution in [2.45, 2.75) is 19.3 Å². The maximum absolute atomic E-state index is 12.6. The van der Waals surface area contributed by atoms with Crippen molar-refractivity contribution < 1.29 is 9.90 Å². The van der Waals surface area contributed by atoms with Gasteiger partial charge in [0.05, 0.1) is 0 Å². The van der Waals surface area contributed by atoms with Crippen molar-refractivity contribution in [1.29, 1.82) is 0 Å². The second kappa shape index (κ2) is 3.98. The van der Waals surface area contributed by atoms with E-state index in [9.17, 15) is 9.90 Å². The maximum atomic E-state index is 12.6. The van der Waals surface area contributed by atoms with Gasteiger partial charge in [-0.05, 0) is 52.6 Å². The summed E-state index contributed by atoms with van der Waals surface area (Å²) in [6, 6.07) is 14.4. The second-order valence-corrected chi connectivity index (χ2v) is 6.18. The third-order valence-electron chi connectivity index (χ3n) is 5.03. The highest BCUT2D eigenvalue weighted by molar-refractivity contribution is 6.28. The second-order valence-electron chi connectivity index (χ2n) is 6.18. The molecule has 3 aromatic rings. The van der Waals surface area contributed by atoms with Crippen LogP contribution in [-0.2, 0) is 6.42 Å². The number of fused-ring (bicyclic) bond motifs is 2. The zero-order chi connectivity index (χ0) is 14.8. The fourth-order valence-corrected chi connectivity index (χ4v) is 4.06. The van der Waals surface area contributed by atoms with E-state index in [2.05, 4.69) is 18.2 Å². The van der Waals surface area contributed by atoms with E-state index in [0.29, 0.717) is 5.56 Å². The van der Waals surface area contributed by atoms with Gasteiger partial charge in [0.2, 0.25) is 5.78 Å². The lowest BCUT2D eigenvalue weighted by atomic mass is 9.77. The van der Waals surface area contributed by atoms with E-state index in [1.807, 2.05) is 24.3 Å². The molecule has 5 rings (SSSR count). The number of carbonyl (C=O) groups is 1. The third-order valence-corrected chi connectivity index (χ3v) is 5.03. The molecule has 0 amide bonds. The van der Waals surface area contributed by atoms with Crippen molar-refractivity contribution in [3.8, 4) is 0 Å². The average Bonchev–Trinajstić information content (AvgIpc) is 2.57. The van der Waals surface area contributed by atoms with Gasteiger partial charge in [0.15, 0.2) is 5.76 Å². The molecule has 0 unspecified atom stereocenters. The van der Waals surface area contributed by atoms with Gasteiger partial charge in [-0.1, -0.05) is 36.4 Å². The van der Waals surface area contributed by atoms with Gasteiger partial charge < -0.3 is 5.11 Å². The summed E-state index contributed by atoms with van der Waals surface area (Å²) in [4.78, 5) is 12.6. The van der Waals surface area contributed by atoms with E-state index in [4.69, 9.17) is 0 Å². The molecule has 3 aromatic carbocycles. The Morgan fingerprint density at radius 3 is 2.73 bits per heavy atom. The lowest BCUT2D eigenvalue weighted by molar-refractivity contribution is 0.0979. The van der Waals surface area contributed by atoms with Gasteiger partial charge in [0.1, 0.15) is 0 Å².